The van der Waals surface area contributed by atoms with Gasteiger partial charge in [0.2, 0.25) is 0 Å². The lowest BCUT2D eigenvalue weighted by Crippen LogP contribution is -2.30. The van der Waals surface area contributed by atoms with Crippen molar-refractivity contribution in [3.05, 3.63) is 251 Å². The molecule has 0 bridgehead atoms. The van der Waals surface area contributed by atoms with Gasteiger partial charge in [0.25, 0.3) is 0 Å². The van der Waals surface area contributed by atoms with E-state index >= 15 is 0 Å². The van der Waals surface area contributed by atoms with Crippen LogP contribution in [0, 0.1) is 0 Å². The van der Waals surface area contributed by atoms with E-state index in [1.807, 2.05) is 0 Å². The van der Waals surface area contributed by atoms with Crippen molar-refractivity contribution in [3.63, 3.8) is 0 Å². The summed E-state index contributed by atoms with van der Waals surface area (Å²) >= 11 is 15.1. The van der Waals surface area contributed by atoms with Gasteiger partial charge in [0.1, 0.15) is 0 Å². The van der Waals surface area contributed by atoms with Gasteiger partial charge in [-0.2, -0.15) is 0 Å². The second-order valence-electron chi connectivity index (χ2n) is 21.7. The van der Waals surface area contributed by atoms with Crippen molar-refractivity contribution in [2.75, 3.05) is 14.7 Å². The van der Waals surface area contributed by atoms with E-state index in [0.717, 1.165) is 85.8 Å². The third kappa shape index (κ3) is 7.94. The molecule has 0 N–H and O–H groups in total. The van der Waals surface area contributed by atoms with Crippen molar-refractivity contribution in [3.8, 4) is 33.9 Å². The maximum Gasteiger partial charge on any atom is 0.160 e. The predicted octanol–water partition coefficient (Wildman–Crippen LogP) is 20.9. The fourth-order valence-electron chi connectivity index (χ4n) is 12.1. The van der Waals surface area contributed by atoms with Crippen LogP contribution in [0.3, 0.4) is 0 Å². The number of anilines is 9. The topological polar surface area (TPSA) is 35.5 Å². The Morgan fingerprint density at radius 1 is 0.289 bits per heavy atom. The molecule has 76 heavy (non-hydrogen) atoms. The standard InChI is InChI=1S/C67H51Br4N5/c1-65(2)50-11-7-9-13-58(50)74(59-14-10-8-12-51(59)65)49-29-19-42(20-30-49)64-72-56(40-15-25-47(26-16-40)75-60-31-21-43(68)35-52(60)66(3,4)53-36-44(69)22-32-61(53)75)39-57(73-64)41-17-27-48(28-18-41)76-62-33-23-45(70)37-54(62)67(5,6)55-38-46(71)24-34-63(55)76/h7-39H,1-6H3. The van der Waals surface area contributed by atoms with Crippen LogP contribution in [0.1, 0.15) is 74.9 Å². The molecular weight excluding hydrogens is 1190 g/mol. The van der Waals surface area contributed by atoms with E-state index in [-0.39, 0.29) is 16.2 Å². The first-order valence-electron chi connectivity index (χ1n) is 25.6. The summed E-state index contributed by atoms with van der Waals surface area (Å²) in [4.78, 5) is 17.9. The normalized spacial score (nSPS) is 15.2. The summed E-state index contributed by atoms with van der Waals surface area (Å²) in [5.74, 6) is 0.655. The van der Waals surface area contributed by atoms with Crippen LogP contribution < -0.4 is 14.7 Å². The first kappa shape index (κ1) is 49.0. The van der Waals surface area contributed by atoms with Crippen LogP contribution in [-0.2, 0) is 16.2 Å². The first-order chi connectivity index (χ1) is 36.6. The number of benzene rings is 9. The number of hydrogen-bond donors (Lipinski definition) is 0. The van der Waals surface area contributed by atoms with E-state index in [2.05, 4.69) is 320 Å². The lowest BCUT2D eigenvalue weighted by molar-refractivity contribution is 0.631. The summed E-state index contributed by atoms with van der Waals surface area (Å²) in [6.45, 7) is 13.9. The molecule has 10 aromatic rings. The van der Waals surface area contributed by atoms with E-state index in [0.29, 0.717) is 5.82 Å². The van der Waals surface area contributed by atoms with Crippen LogP contribution in [0.25, 0.3) is 33.9 Å². The summed E-state index contributed by atoms with van der Waals surface area (Å²) in [5, 5.41) is 0. The van der Waals surface area contributed by atoms with Gasteiger partial charge in [-0.25, -0.2) is 9.97 Å². The molecule has 0 atom stereocenters. The lowest BCUT2D eigenvalue weighted by atomic mass is 9.73. The number of nitrogens with zero attached hydrogens (tertiary/aromatic N) is 5. The average Bonchev–Trinajstić information content (AvgIpc) is 3.47. The molecule has 0 fully saturated rings. The molecule has 13 rings (SSSR count). The van der Waals surface area contributed by atoms with Crippen LogP contribution in [-0.4, -0.2) is 9.97 Å². The van der Waals surface area contributed by atoms with Crippen molar-refractivity contribution in [2.45, 2.75) is 57.8 Å². The Bertz CT molecular complexity index is 3640. The van der Waals surface area contributed by atoms with E-state index in [9.17, 15) is 0 Å². The van der Waals surface area contributed by atoms with Crippen molar-refractivity contribution >= 4 is 115 Å². The van der Waals surface area contributed by atoms with Crippen LogP contribution in [0.5, 0.6) is 0 Å². The minimum absolute atomic E-state index is 0.145. The zero-order valence-corrected chi connectivity index (χ0v) is 49.1. The summed E-state index contributed by atoms with van der Waals surface area (Å²) in [5.41, 5.74) is 21.9. The van der Waals surface area contributed by atoms with Crippen LogP contribution >= 0.6 is 63.7 Å². The number of rotatable bonds is 6. The van der Waals surface area contributed by atoms with Gasteiger partial charge in [-0.3, -0.25) is 0 Å². The smallest absolute Gasteiger partial charge is 0.160 e. The van der Waals surface area contributed by atoms with Gasteiger partial charge >= 0.3 is 0 Å². The largest absolute Gasteiger partial charge is 0.310 e. The third-order valence-corrected chi connectivity index (χ3v) is 18.1. The van der Waals surface area contributed by atoms with Gasteiger partial charge in [0.05, 0.1) is 45.5 Å². The van der Waals surface area contributed by atoms with Gasteiger partial charge in [0.15, 0.2) is 5.82 Å². The first-order valence-corrected chi connectivity index (χ1v) is 28.7. The Kier molecular flexibility index (Phi) is 11.8. The highest BCUT2D eigenvalue weighted by molar-refractivity contribution is 9.11. The second-order valence-corrected chi connectivity index (χ2v) is 25.3. The quantitative estimate of drug-likeness (QED) is 0.166. The summed E-state index contributed by atoms with van der Waals surface area (Å²) in [7, 11) is 0. The molecule has 3 aliphatic heterocycles. The molecule has 0 aliphatic carbocycles. The maximum absolute atomic E-state index is 5.39. The zero-order valence-electron chi connectivity index (χ0n) is 42.8. The highest BCUT2D eigenvalue weighted by Crippen LogP contribution is 2.56. The Balaban J connectivity index is 0.919. The number of fused-ring (bicyclic) bond motifs is 6. The predicted molar refractivity (Wildman–Crippen MR) is 330 cm³/mol. The van der Waals surface area contributed by atoms with Crippen LogP contribution in [0.4, 0.5) is 51.2 Å². The SMILES string of the molecule is CC1(C)c2ccccc2N(c2ccc(-c3nc(-c4ccc(N5c6ccc(Br)cc6C(C)(C)c6cc(Br)ccc65)cc4)cc(-c4ccc(N5c6ccc(Br)cc6C(C)(C)c6cc(Br)ccc65)cc4)n3)cc2)c2ccccc21. The number of halogens is 4. The molecule has 5 nitrogen and oxygen atoms in total. The fourth-order valence-corrected chi connectivity index (χ4v) is 13.5. The van der Waals surface area contributed by atoms with Crippen molar-refractivity contribution in [1.29, 1.82) is 0 Å². The van der Waals surface area contributed by atoms with Crippen molar-refractivity contribution in [1.82, 2.24) is 9.97 Å². The second kappa shape index (κ2) is 18.3. The van der Waals surface area contributed by atoms with Gasteiger partial charge in [-0.15, -0.1) is 0 Å². The summed E-state index contributed by atoms with van der Waals surface area (Å²) in [6.07, 6.45) is 0. The Morgan fingerprint density at radius 3 is 0.895 bits per heavy atom. The van der Waals surface area contributed by atoms with E-state index in [1.165, 1.54) is 44.8 Å². The van der Waals surface area contributed by atoms with Gasteiger partial charge in [-0.1, -0.05) is 166 Å². The Labute approximate surface area is 478 Å². The van der Waals surface area contributed by atoms with Gasteiger partial charge in [0, 0.05) is 67.9 Å². The molecule has 9 heteroatoms. The van der Waals surface area contributed by atoms with E-state index in [4.69, 9.17) is 9.97 Å². The molecule has 3 aliphatic rings. The molecule has 9 aromatic carbocycles. The summed E-state index contributed by atoms with van der Waals surface area (Å²) in [6, 6.07) is 72.6. The minimum atomic E-state index is -0.215. The van der Waals surface area contributed by atoms with Crippen molar-refractivity contribution in [2.24, 2.45) is 0 Å². The Morgan fingerprint density at radius 2 is 0.566 bits per heavy atom. The summed E-state index contributed by atoms with van der Waals surface area (Å²) < 4.78 is 4.25. The average molecular weight is 1250 g/mol. The molecule has 0 spiro atoms. The maximum atomic E-state index is 5.39. The molecule has 0 unspecified atom stereocenters. The fraction of sp³-hybridized carbons (Fsp3) is 0.134. The Hall–Kier alpha value is -6.62. The molecular formula is C67H51Br4N5. The molecule has 0 radical (unpaired) electrons. The third-order valence-electron chi connectivity index (χ3n) is 16.1. The highest BCUT2D eigenvalue weighted by atomic mass is 79.9. The molecule has 4 heterocycles. The molecule has 372 valence electrons. The number of para-hydroxylation sites is 2. The van der Waals surface area contributed by atoms with Crippen molar-refractivity contribution < 1.29 is 0 Å². The zero-order chi connectivity index (χ0) is 52.4. The van der Waals surface area contributed by atoms with Gasteiger partial charge < -0.3 is 14.7 Å². The van der Waals surface area contributed by atoms with Crippen LogP contribution in [0.2, 0.25) is 0 Å². The molecule has 0 saturated carbocycles. The minimum Gasteiger partial charge on any atom is -0.310 e. The van der Waals surface area contributed by atoms with E-state index < -0.39 is 0 Å². The molecule has 1 aromatic heterocycles. The molecule has 0 amide bonds. The lowest BCUT2D eigenvalue weighted by Gasteiger charge is -2.42. The molecule has 0 saturated heterocycles. The number of hydrogen-bond acceptors (Lipinski definition) is 5. The number of aromatic nitrogens is 2. The highest BCUT2D eigenvalue weighted by Gasteiger charge is 2.40. The van der Waals surface area contributed by atoms with Gasteiger partial charge in [-0.05, 0) is 173 Å². The van der Waals surface area contributed by atoms with E-state index in [1.54, 1.807) is 0 Å². The monoisotopic (exact) mass is 1240 g/mol. The van der Waals surface area contributed by atoms with Crippen LogP contribution in [0.15, 0.2) is 218 Å².